The number of aromatic nitrogens is 3. The van der Waals surface area contributed by atoms with Gasteiger partial charge in [0.1, 0.15) is 5.82 Å². The predicted molar refractivity (Wildman–Crippen MR) is 120 cm³/mol. The number of hydrogen-bond donors (Lipinski definition) is 2. The number of benzene rings is 1. The summed E-state index contributed by atoms with van der Waals surface area (Å²) in [4.78, 5) is 36.5. The molecule has 1 unspecified atom stereocenters. The van der Waals surface area contributed by atoms with Crippen molar-refractivity contribution < 1.29 is 33.0 Å². The monoisotopic (exact) mass is 473 g/mol. The van der Waals surface area contributed by atoms with E-state index in [1.807, 2.05) is 29.8 Å². The quantitative estimate of drug-likeness (QED) is 0.535. The number of carbonyl (C=O) groups excluding carboxylic acids is 1. The molecule has 1 aromatic carbocycles. The van der Waals surface area contributed by atoms with Crippen molar-refractivity contribution in [2.24, 2.45) is 5.92 Å². The number of fused-ring (bicyclic) bond motifs is 3. The molecular weight excluding hydrogens is 450 g/mol. The van der Waals surface area contributed by atoms with E-state index in [1.165, 1.54) is 10.2 Å². The zero-order valence-electron chi connectivity index (χ0n) is 18.0. The van der Waals surface area contributed by atoms with Crippen LogP contribution in [0.2, 0.25) is 0 Å². The van der Waals surface area contributed by atoms with Gasteiger partial charge in [-0.25, -0.2) is 27.0 Å². The third-order valence-corrected chi connectivity index (χ3v) is 6.39. The molecule has 0 saturated heterocycles. The van der Waals surface area contributed by atoms with E-state index in [-0.39, 0.29) is 11.7 Å². The van der Waals surface area contributed by atoms with Gasteiger partial charge in [0.2, 0.25) is 10.0 Å². The second-order valence-corrected chi connectivity index (χ2v) is 9.43. The van der Waals surface area contributed by atoms with Crippen LogP contribution >= 0.6 is 0 Å². The molecule has 0 amide bonds. The van der Waals surface area contributed by atoms with Crippen LogP contribution in [0.5, 0.6) is 0 Å². The Hall–Kier alpha value is -3.73. The molecule has 10 nitrogen and oxygen atoms in total. The van der Waals surface area contributed by atoms with Crippen molar-refractivity contribution in [3.8, 4) is 0 Å². The Morgan fingerprint density at radius 1 is 1.18 bits per heavy atom. The smallest absolute Gasteiger partial charge is 0.328 e. The Morgan fingerprint density at radius 3 is 2.36 bits per heavy atom. The van der Waals surface area contributed by atoms with Crippen molar-refractivity contribution in [3.05, 3.63) is 65.9 Å². The molecule has 11 heteroatoms. The molecule has 0 fully saturated rings. The third kappa shape index (κ3) is 5.20. The second kappa shape index (κ2) is 9.41. The number of Topliss-reactive ketones (excluding diaryl/α,β-unsaturated/α-hetero) is 1. The second-order valence-electron chi connectivity index (χ2n) is 7.60. The molecule has 1 atom stereocenters. The van der Waals surface area contributed by atoms with Crippen LogP contribution in [0, 0.1) is 12.8 Å². The number of aryl methyl sites for hydroxylation is 1. The van der Waals surface area contributed by atoms with Gasteiger partial charge in [0, 0.05) is 53.7 Å². The lowest BCUT2D eigenvalue weighted by atomic mass is 9.85. The average molecular weight is 474 g/mol. The number of nitrogens with zero attached hydrogens (tertiary/aromatic N) is 3. The SMILES string of the molecule is Cc1nccn1CC1CCc2c(c3ccccc3n2S(C)(=O)=O)C1=O.O=C(O)C=CC(=O)O. The maximum Gasteiger partial charge on any atom is 0.328 e. The number of rotatable bonds is 5. The summed E-state index contributed by atoms with van der Waals surface area (Å²) in [6.45, 7) is 2.48. The summed E-state index contributed by atoms with van der Waals surface area (Å²) in [7, 11) is -3.48. The fourth-order valence-corrected chi connectivity index (χ4v) is 5.04. The minimum Gasteiger partial charge on any atom is -0.478 e. The summed E-state index contributed by atoms with van der Waals surface area (Å²) in [6, 6.07) is 7.23. The zero-order valence-corrected chi connectivity index (χ0v) is 18.8. The molecule has 2 heterocycles. The molecule has 2 N–H and O–H groups in total. The first-order valence-electron chi connectivity index (χ1n) is 9.99. The Bertz CT molecular complexity index is 1350. The normalized spacial score (nSPS) is 15.8. The molecule has 4 rings (SSSR count). The summed E-state index contributed by atoms with van der Waals surface area (Å²) >= 11 is 0. The van der Waals surface area contributed by atoms with E-state index >= 15 is 0 Å². The lowest BCUT2D eigenvalue weighted by Crippen LogP contribution is -2.28. The molecule has 3 aromatic rings. The van der Waals surface area contributed by atoms with E-state index in [2.05, 4.69) is 4.98 Å². The van der Waals surface area contributed by atoms with E-state index in [4.69, 9.17) is 10.2 Å². The average Bonchev–Trinajstić information content (AvgIpc) is 3.29. The van der Waals surface area contributed by atoms with Crippen molar-refractivity contribution >= 4 is 38.6 Å². The van der Waals surface area contributed by atoms with Gasteiger partial charge in [0.25, 0.3) is 0 Å². The Kier molecular flexibility index (Phi) is 6.82. The van der Waals surface area contributed by atoms with Gasteiger partial charge in [-0.05, 0) is 25.8 Å². The molecule has 0 spiro atoms. The van der Waals surface area contributed by atoms with Gasteiger partial charge >= 0.3 is 11.9 Å². The van der Waals surface area contributed by atoms with Crippen LogP contribution in [-0.2, 0) is 32.6 Å². The molecule has 1 aliphatic rings. The highest BCUT2D eigenvalue weighted by Crippen LogP contribution is 2.35. The first kappa shape index (κ1) is 23.9. The molecular formula is C22H23N3O7S. The maximum absolute atomic E-state index is 13.2. The van der Waals surface area contributed by atoms with Crippen LogP contribution in [0.25, 0.3) is 10.9 Å². The molecule has 2 aromatic heterocycles. The summed E-state index contributed by atoms with van der Waals surface area (Å²) in [5.41, 5.74) is 1.77. The number of carboxylic acid groups (broad SMARTS) is 2. The molecule has 0 aliphatic heterocycles. The maximum atomic E-state index is 13.2. The number of aliphatic carboxylic acids is 2. The minimum atomic E-state index is -3.48. The van der Waals surface area contributed by atoms with Crippen molar-refractivity contribution in [2.75, 3.05) is 6.26 Å². The third-order valence-electron chi connectivity index (χ3n) is 5.31. The van der Waals surface area contributed by atoms with E-state index in [0.717, 1.165) is 11.2 Å². The van der Waals surface area contributed by atoms with Gasteiger partial charge in [-0.2, -0.15) is 0 Å². The summed E-state index contributed by atoms with van der Waals surface area (Å²) in [6.07, 6.45) is 7.10. The Balaban J connectivity index is 0.000000331. The van der Waals surface area contributed by atoms with Gasteiger partial charge in [0.15, 0.2) is 5.78 Å². The standard InChI is InChI=1S/C18H19N3O3S.C4H4O4/c1-12-19-9-10-20(12)11-13-7-8-16-17(18(13)22)14-5-3-4-6-15(14)21(16)25(2,23)24;5-3(6)1-2-4(7)8/h3-6,9-10,13H,7-8,11H2,1-2H3;1-2H,(H,5,6)(H,7,8). The van der Waals surface area contributed by atoms with Crippen molar-refractivity contribution in [2.45, 2.75) is 26.3 Å². The van der Waals surface area contributed by atoms with E-state index in [9.17, 15) is 22.8 Å². The lowest BCUT2D eigenvalue weighted by Gasteiger charge is -2.23. The number of para-hydroxylation sites is 1. The molecule has 0 radical (unpaired) electrons. The largest absolute Gasteiger partial charge is 0.478 e. The van der Waals surface area contributed by atoms with E-state index < -0.39 is 22.0 Å². The molecule has 1 aliphatic carbocycles. The fourth-order valence-electron chi connectivity index (χ4n) is 3.94. The first-order chi connectivity index (χ1) is 15.5. The number of imidazole rings is 1. The highest BCUT2D eigenvalue weighted by Gasteiger charge is 2.34. The van der Waals surface area contributed by atoms with Gasteiger partial charge in [-0.1, -0.05) is 18.2 Å². The fraction of sp³-hybridized carbons (Fsp3) is 0.273. The highest BCUT2D eigenvalue weighted by molar-refractivity contribution is 7.89. The molecule has 174 valence electrons. The number of hydrogen-bond acceptors (Lipinski definition) is 6. The summed E-state index contributed by atoms with van der Waals surface area (Å²) in [5, 5.41) is 16.3. The molecule has 0 bridgehead atoms. The van der Waals surface area contributed by atoms with Crippen LogP contribution in [0.15, 0.2) is 48.8 Å². The van der Waals surface area contributed by atoms with E-state index in [1.54, 1.807) is 18.3 Å². The van der Waals surface area contributed by atoms with Gasteiger partial charge in [0.05, 0.1) is 11.8 Å². The topological polar surface area (TPSA) is 149 Å². The Labute approximate surface area is 189 Å². The Morgan fingerprint density at radius 2 is 1.82 bits per heavy atom. The van der Waals surface area contributed by atoms with Crippen LogP contribution in [0.1, 0.15) is 28.3 Å². The van der Waals surface area contributed by atoms with E-state index in [0.29, 0.717) is 48.3 Å². The summed E-state index contributed by atoms with van der Waals surface area (Å²) < 4.78 is 27.9. The number of carbonyl (C=O) groups is 3. The van der Waals surface area contributed by atoms with Crippen LogP contribution in [0.3, 0.4) is 0 Å². The molecule has 0 saturated carbocycles. The van der Waals surface area contributed by atoms with Crippen molar-refractivity contribution in [1.29, 1.82) is 0 Å². The summed E-state index contributed by atoms with van der Waals surface area (Å²) in [5.74, 6) is -1.79. The zero-order chi connectivity index (χ0) is 24.3. The van der Waals surface area contributed by atoms with Crippen LogP contribution in [-0.4, -0.2) is 56.1 Å². The first-order valence-corrected chi connectivity index (χ1v) is 11.8. The van der Waals surface area contributed by atoms with Crippen LogP contribution < -0.4 is 0 Å². The van der Waals surface area contributed by atoms with Gasteiger partial charge in [-0.15, -0.1) is 0 Å². The van der Waals surface area contributed by atoms with Crippen molar-refractivity contribution in [3.63, 3.8) is 0 Å². The molecule has 33 heavy (non-hydrogen) atoms. The highest BCUT2D eigenvalue weighted by atomic mass is 32.2. The van der Waals surface area contributed by atoms with Crippen molar-refractivity contribution in [1.82, 2.24) is 13.5 Å². The lowest BCUT2D eigenvalue weighted by molar-refractivity contribution is -0.134. The van der Waals surface area contributed by atoms with Gasteiger partial charge < -0.3 is 14.8 Å². The number of ketones is 1. The van der Waals surface area contributed by atoms with Gasteiger partial charge in [-0.3, -0.25) is 4.79 Å². The number of carboxylic acids is 2. The minimum absolute atomic E-state index is 0.0213. The van der Waals surface area contributed by atoms with Crippen LogP contribution in [0.4, 0.5) is 0 Å². The predicted octanol–water partition coefficient (Wildman–Crippen LogP) is 2.11.